The number of benzene rings is 1. The van der Waals surface area contributed by atoms with Crippen molar-refractivity contribution in [1.82, 2.24) is 0 Å². The first-order valence-electron chi connectivity index (χ1n) is 3.09. The third kappa shape index (κ3) is 1.58. The van der Waals surface area contributed by atoms with Gasteiger partial charge in [-0.25, -0.2) is 4.39 Å². The molecular weight excluding hydrogens is 214 g/mol. The summed E-state index contributed by atoms with van der Waals surface area (Å²) in [7, 11) is 0. The van der Waals surface area contributed by atoms with Gasteiger partial charge in [0.15, 0.2) is 5.82 Å². The van der Waals surface area contributed by atoms with Crippen molar-refractivity contribution in [2.75, 3.05) is 0 Å². The van der Waals surface area contributed by atoms with E-state index in [9.17, 15) is 4.39 Å². The van der Waals surface area contributed by atoms with Crippen LogP contribution in [0.4, 0.5) is 4.39 Å². The van der Waals surface area contributed by atoms with Crippen molar-refractivity contribution in [3.63, 3.8) is 0 Å². The first kappa shape index (κ1) is 9.80. The van der Waals surface area contributed by atoms with Gasteiger partial charge in [0.2, 0.25) is 0 Å². The van der Waals surface area contributed by atoms with Crippen molar-refractivity contribution in [3.8, 4) is 12.1 Å². The monoisotopic (exact) mass is 214 g/mol. The van der Waals surface area contributed by atoms with Crippen molar-refractivity contribution >= 4 is 23.2 Å². The summed E-state index contributed by atoms with van der Waals surface area (Å²) in [6, 6.07) is 4.29. The average Bonchev–Trinajstić information content (AvgIpc) is 2.12. The molecule has 5 heteroatoms. The summed E-state index contributed by atoms with van der Waals surface area (Å²) < 4.78 is 13.1. The molecule has 0 spiro atoms. The number of rotatable bonds is 0. The lowest BCUT2D eigenvalue weighted by atomic mass is 10.1. The number of nitrogens with zero attached hydrogens (tertiary/aromatic N) is 2. The van der Waals surface area contributed by atoms with Gasteiger partial charge in [-0.15, -0.1) is 0 Å². The molecule has 0 bridgehead atoms. The second kappa shape index (κ2) is 3.62. The molecule has 0 saturated carbocycles. The third-order valence-corrected chi connectivity index (χ3v) is 2.04. The normalized spacial score (nSPS) is 9.00. The fourth-order valence-corrected chi connectivity index (χ4v) is 1.32. The summed E-state index contributed by atoms with van der Waals surface area (Å²) in [4.78, 5) is 0. The van der Waals surface area contributed by atoms with E-state index in [1.54, 1.807) is 12.1 Å². The molecule has 0 aliphatic rings. The van der Waals surface area contributed by atoms with Crippen molar-refractivity contribution in [2.24, 2.45) is 0 Å². The van der Waals surface area contributed by atoms with Gasteiger partial charge in [0.05, 0.1) is 21.2 Å². The van der Waals surface area contributed by atoms with Gasteiger partial charge >= 0.3 is 0 Å². The lowest BCUT2D eigenvalue weighted by Crippen LogP contribution is -1.90. The van der Waals surface area contributed by atoms with Crippen molar-refractivity contribution in [2.45, 2.75) is 0 Å². The molecular formula is C8HCl2FN2. The van der Waals surface area contributed by atoms with Crippen LogP contribution in [0.3, 0.4) is 0 Å². The molecule has 0 fully saturated rings. The Kier molecular flexibility index (Phi) is 2.72. The molecule has 0 heterocycles. The maximum Gasteiger partial charge on any atom is 0.160 e. The lowest BCUT2D eigenvalue weighted by Gasteiger charge is -2.00. The van der Waals surface area contributed by atoms with Gasteiger partial charge in [-0.2, -0.15) is 10.5 Å². The van der Waals surface area contributed by atoms with Crippen LogP contribution in [0.1, 0.15) is 11.1 Å². The van der Waals surface area contributed by atoms with E-state index >= 15 is 0 Å². The summed E-state index contributed by atoms with van der Waals surface area (Å²) in [5.74, 6) is -0.912. The Labute approximate surface area is 83.7 Å². The predicted octanol–water partition coefficient (Wildman–Crippen LogP) is 2.88. The van der Waals surface area contributed by atoms with Gasteiger partial charge in [-0.1, -0.05) is 23.2 Å². The van der Waals surface area contributed by atoms with Crippen LogP contribution in [-0.4, -0.2) is 0 Å². The Morgan fingerprint density at radius 2 is 1.85 bits per heavy atom. The minimum atomic E-state index is -0.912. The molecule has 0 atom stereocenters. The quantitative estimate of drug-likeness (QED) is 0.624. The number of hydrogen-bond acceptors (Lipinski definition) is 2. The maximum atomic E-state index is 13.1. The predicted molar refractivity (Wildman–Crippen MR) is 45.9 cm³/mol. The van der Waals surface area contributed by atoms with Crippen molar-refractivity contribution in [1.29, 1.82) is 10.5 Å². The second-order valence-corrected chi connectivity index (χ2v) is 2.92. The van der Waals surface area contributed by atoms with Crippen LogP contribution in [0.5, 0.6) is 0 Å². The van der Waals surface area contributed by atoms with E-state index in [0.717, 1.165) is 6.07 Å². The summed E-state index contributed by atoms with van der Waals surface area (Å²) in [6.45, 7) is 0. The Bertz CT molecular complexity index is 443. The van der Waals surface area contributed by atoms with Crippen molar-refractivity contribution in [3.05, 3.63) is 33.1 Å². The van der Waals surface area contributed by atoms with Gasteiger partial charge in [0, 0.05) is 0 Å². The van der Waals surface area contributed by atoms with Crippen LogP contribution in [0.15, 0.2) is 6.07 Å². The second-order valence-electron chi connectivity index (χ2n) is 2.13. The number of nitriles is 2. The molecule has 0 aliphatic heterocycles. The van der Waals surface area contributed by atoms with Crippen molar-refractivity contribution < 1.29 is 4.39 Å². The van der Waals surface area contributed by atoms with Crippen LogP contribution >= 0.6 is 23.2 Å². The van der Waals surface area contributed by atoms with E-state index in [2.05, 4.69) is 0 Å². The van der Waals surface area contributed by atoms with Gasteiger partial charge < -0.3 is 0 Å². The highest BCUT2D eigenvalue weighted by atomic mass is 35.5. The van der Waals surface area contributed by atoms with E-state index in [4.69, 9.17) is 33.7 Å². The molecule has 13 heavy (non-hydrogen) atoms. The molecule has 1 aromatic carbocycles. The molecule has 64 valence electrons. The van der Waals surface area contributed by atoms with E-state index in [1.807, 2.05) is 0 Å². The molecule has 1 aromatic rings. The zero-order valence-electron chi connectivity index (χ0n) is 6.11. The highest BCUT2D eigenvalue weighted by molar-refractivity contribution is 6.36. The summed E-state index contributed by atoms with van der Waals surface area (Å²) in [6.07, 6.45) is 0. The topological polar surface area (TPSA) is 47.6 Å². The van der Waals surface area contributed by atoms with Crippen LogP contribution in [0.25, 0.3) is 0 Å². The van der Waals surface area contributed by atoms with Gasteiger partial charge in [-0.05, 0) is 6.07 Å². The van der Waals surface area contributed by atoms with E-state index in [-0.39, 0.29) is 16.1 Å². The van der Waals surface area contributed by atoms with E-state index in [0.29, 0.717) is 0 Å². The molecule has 0 radical (unpaired) electrons. The van der Waals surface area contributed by atoms with Gasteiger partial charge in [0.25, 0.3) is 0 Å². The van der Waals surface area contributed by atoms with Gasteiger partial charge in [0.1, 0.15) is 12.1 Å². The molecule has 0 N–H and O–H groups in total. The molecule has 0 aromatic heterocycles. The Balaban J connectivity index is 3.60. The first-order chi connectivity index (χ1) is 6.11. The third-order valence-electron chi connectivity index (χ3n) is 1.39. The molecule has 2 nitrogen and oxygen atoms in total. The maximum absolute atomic E-state index is 13.1. The van der Waals surface area contributed by atoms with Crippen LogP contribution in [0.2, 0.25) is 10.0 Å². The van der Waals surface area contributed by atoms with E-state index in [1.165, 1.54) is 0 Å². The van der Waals surface area contributed by atoms with Gasteiger partial charge in [-0.3, -0.25) is 0 Å². The zero-order chi connectivity index (χ0) is 10.0. The van der Waals surface area contributed by atoms with E-state index < -0.39 is 10.8 Å². The van der Waals surface area contributed by atoms with Crippen LogP contribution < -0.4 is 0 Å². The molecule has 0 aliphatic carbocycles. The average molecular weight is 215 g/mol. The fraction of sp³-hybridized carbons (Fsp3) is 0. The lowest BCUT2D eigenvalue weighted by molar-refractivity contribution is 0.624. The molecule has 0 amide bonds. The van der Waals surface area contributed by atoms with Crippen LogP contribution in [-0.2, 0) is 0 Å². The minimum absolute atomic E-state index is 0.0227. The standard InChI is InChI=1S/C8HCl2FN2/c9-6-1-4(2-12)8(11)7(10)5(6)3-13/h1H. The Morgan fingerprint density at radius 1 is 1.23 bits per heavy atom. The van der Waals surface area contributed by atoms with Crippen LogP contribution in [0, 0.1) is 28.5 Å². The summed E-state index contributed by atoms with van der Waals surface area (Å²) >= 11 is 11.0. The number of halogens is 3. The molecule has 0 unspecified atom stereocenters. The largest absolute Gasteiger partial charge is 0.204 e. The zero-order valence-corrected chi connectivity index (χ0v) is 7.62. The number of hydrogen-bond donors (Lipinski definition) is 0. The highest BCUT2D eigenvalue weighted by Crippen LogP contribution is 2.28. The highest BCUT2D eigenvalue weighted by Gasteiger charge is 2.15. The summed E-state index contributed by atoms with van der Waals surface area (Å²) in [5.41, 5.74) is -0.422. The first-order valence-corrected chi connectivity index (χ1v) is 3.85. The molecule has 1 rings (SSSR count). The minimum Gasteiger partial charge on any atom is -0.204 e. The summed E-state index contributed by atoms with van der Waals surface area (Å²) in [5, 5.41) is 16.5. The smallest absolute Gasteiger partial charge is 0.160 e. The molecule has 0 saturated heterocycles. The fourth-order valence-electron chi connectivity index (χ4n) is 0.779. The SMILES string of the molecule is N#Cc1cc(Cl)c(C#N)c(Cl)c1F. The Morgan fingerprint density at radius 3 is 2.31 bits per heavy atom. The Hall–Kier alpha value is -1.29.